The van der Waals surface area contributed by atoms with Crippen LogP contribution < -0.4 is 25.0 Å². The number of aromatic nitrogens is 4. The third-order valence-corrected chi connectivity index (χ3v) is 5.72. The molecule has 2 saturated heterocycles. The Hall–Kier alpha value is -2.62. The first-order chi connectivity index (χ1) is 14.5. The first kappa shape index (κ1) is 20.6. The number of ether oxygens (including phenoxy) is 2. The van der Waals surface area contributed by atoms with Crippen LogP contribution in [0.2, 0.25) is 0 Å². The summed E-state index contributed by atoms with van der Waals surface area (Å²) in [5, 5.41) is 4.05. The highest BCUT2D eigenvalue weighted by atomic mass is 16.5. The van der Waals surface area contributed by atoms with E-state index in [9.17, 15) is 0 Å². The summed E-state index contributed by atoms with van der Waals surface area (Å²) in [4.78, 5) is 17.7. The van der Waals surface area contributed by atoms with E-state index in [4.69, 9.17) is 19.7 Å². The number of nitrogens with zero attached hydrogens (tertiary/aromatic N) is 6. The number of methoxy groups -OCH3 is 1. The van der Waals surface area contributed by atoms with Crippen LogP contribution in [0, 0.1) is 5.92 Å². The van der Waals surface area contributed by atoms with E-state index in [0.29, 0.717) is 36.1 Å². The molecule has 164 valence electrons. The van der Waals surface area contributed by atoms with Gasteiger partial charge in [-0.25, -0.2) is 4.98 Å². The van der Waals surface area contributed by atoms with Crippen molar-refractivity contribution in [3.05, 3.63) is 12.0 Å². The second kappa shape index (κ2) is 9.03. The second-order valence-electron chi connectivity index (χ2n) is 8.37. The molecule has 0 aromatic carbocycles. The number of hydrogen-bond donors (Lipinski definition) is 1. The minimum atomic E-state index is 0.172. The number of anilines is 2. The van der Waals surface area contributed by atoms with Crippen molar-refractivity contribution in [2.45, 2.75) is 45.1 Å². The van der Waals surface area contributed by atoms with Gasteiger partial charge in [-0.05, 0) is 25.2 Å². The number of hydrogen-bond acceptors (Lipinski definition) is 10. The molecule has 2 fully saturated rings. The Bertz CT molecular complexity index is 836. The van der Waals surface area contributed by atoms with Crippen molar-refractivity contribution >= 4 is 12.0 Å². The van der Waals surface area contributed by atoms with Crippen LogP contribution in [0.1, 0.15) is 44.9 Å². The molecule has 2 aromatic heterocycles. The van der Waals surface area contributed by atoms with Gasteiger partial charge in [-0.1, -0.05) is 19.0 Å². The van der Waals surface area contributed by atoms with Crippen LogP contribution in [-0.4, -0.2) is 66.0 Å². The van der Waals surface area contributed by atoms with Crippen molar-refractivity contribution in [3.8, 4) is 11.6 Å². The normalized spacial score (nSPS) is 20.2. The van der Waals surface area contributed by atoms with Gasteiger partial charge in [0.2, 0.25) is 5.95 Å². The minimum absolute atomic E-state index is 0.172. The Morgan fingerprint density at radius 1 is 1.17 bits per heavy atom. The highest BCUT2D eigenvalue weighted by Gasteiger charge is 2.26. The number of piperidine rings is 1. The highest BCUT2D eigenvalue weighted by molar-refractivity contribution is 5.40. The molecule has 2 N–H and O–H groups in total. The number of nitrogens with two attached hydrogens (primary N) is 1. The molecular weight excluding hydrogens is 386 g/mol. The van der Waals surface area contributed by atoms with Gasteiger partial charge in [0, 0.05) is 38.1 Å². The monoisotopic (exact) mass is 417 g/mol. The van der Waals surface area contributed by atoms with E-state index in [0.717, 1.165) is 51.3 Å². The lowest BCUT2D eigenvalue weighted by molar-refractivity contribution is 0.210. The third kappa shape index (κ3) is 4.58. The lowest BCUT2D eigenvalue weighted by Crippen LogP contribution is -2.35. The molecule has 10 heteroatoms. The summed E-state index contributed by atoms with van der Waals surface area (Å²) in [5.41, 5.74) is 5.98. The quantitative estimate of drug-likeness (QED) is 0.715. The molecule has 1 atom stereocenters. The molecule has 1 unspecified atom stereocenters. The van der Waals surface area contributed by atoms with E-state index in [1.807, 2.05) is 0 Å². The van der Waals surface area contributed by atoms with Crippen LogP contribution in [0.5, 0.6) is 11.6 Å². The third-order valence-electron chi connectivity index (χ3n) is 5.72. The summed E-state index contributed by atoms with van der Waals surface area (Å²) in [5.74, 6) is 3.13. The summed E-state index contributed by atoms with van der Waals surface area (Å²) in [6.45, 7) is 8.09. The van der Waals surface area contributed by atoms with E-state index in [2.05, 4.69) is 43.8 Å². The second-order valence-corrected chi connectivity index (χ2v) is 8.37. The summed E-state index contributed by atoms with van der Waals surface area (Å²) >= 11 is 0. The summed E-state index contributed by atoms with van der Waals surface area (Å²) in [6.07, 6.45) is 4.63. The molecule has 10 nitrogen and oxygen atoms in total. The molecule has 0 bridgehead atoms. The van der Waals surface area contributed by atoms with Crippen LogP contribution in [0.15, 0.2) is 10.7 Å². The van der Waals surface area contributed by atoms with Crippen LogP contribution in [0.25, 0.3) is 0 Å². The van der Waals surface area contributed by atoms with Gasteiger partial charge in [-0.3, -0.25) is 0 Å². The Morgan fingerprint density at radius 2 is 1.93 bits per heavy atom. The van der Waals surface area contributed by atoms with Gasteiger partial charge in [0.15, 0.2) is 11.6 Å². The van der Waals surface area contributed by atoms with E-state index in [-0.39, 0.29) is 12.0 Å². The van der Waals surface area contributed by atoms with Crippen LogP contribution in [-0.2, 0) is 0 Å². The molecule has 0 amide bonds. The van der Waals surface area contributed by atoms with Gasteiger partial charge >= 0.3 is 6.01 Å². The van der Waals surface area contributed by atoms with Crippen molar-refractivity contribution in [2.24, 2.45) is 11.7 Å². The average molecular weight is 418 g/mol. The lowest BCUT2D eigenvalue weighted by Gasteiger charge is -2.30. The predicted octanol–water partition coefficient (Wildman–Crippen LogP) is 1.82. The Labute approximate surface area is 176 Å². The first-order valence-electron chi connectivity index (χ1n) is 10.7. The molecule has 4 rings (SSSR count). The predicted molar refractivity (Wildman–Crippen MR) is 112 cm³/mol. The fraction of sp³-hybridized carbons (Fsp3) is 0.700. The molecule has 4 heterocycles. The van der Waals surface area contributed by atoms with Crippen molar-refractivity contribution in [1.82, 2.24) is 20.1 Å². The average Bonchev–Trinajstić information content (AvgIpc) is 3.42. The maximum atomic E-state index is 6.02. The van der Waals surface area contributed by atoms with Crippen molar-refractivity contribution in [2.75, 3.05) is 49.7 Å². The van der Waals surface area contributed by atoms with E-state index in [1.54, 1.807) is 13.3 Å². The number of rotatable bonds is 7. The summed E-state index contributed by atoms with van der Waals surface area (Å²) in [7, 11) is 1.60. The first-order valence-corrected chi connectivity index (χ1v) is 10.7. The topological polar surface area (TPSA) is 116 Å². The Morgan fingerprint density at radius 3 is 2.57 bits per heavy atom. The van der Waals surface area contributed by atoms with Crippen LogP contribution in [0.4, 0.5) is 12.0 Å². The van der Waals surface area contributed by atoms with Gasteiger partial charge < -0.3 is 29.5 Å². The zero-order chi connectivity index (χ0) is 21.1. The molecule has 0 radical (unpaired) electrons. The van der Waals surface area contributed by atoms with Crippen LogP contribution >= 0.6 is 0 Å². The standard InChI is InChI=1S/C20H31N7O3/c1-13(2)17-23-20(30-25-17)26-7-4-14(5-8-26)12-29-16-10-22-19(24-18(16)28-3)27-9-6-15(21)11-27/h10,13-15H,4-9,11-12,21H2,1-3H3. The van der Waals surface area contributed by atoms with E-state index < -0.39 is 0 Å². The van der Waals surface area contributed by atoms with E-state index >= 15 is 0 Å². The molecular formula is C20H31N7O3. The zero-order valence-electron chi connectivity index (χ0n) is 18.0. The van der Waals surface area contributed by atoms with Crippen molar-refractivity contribution < 1.29 is 14.0 Å². The SMILES string of the molecule is COc1nc(N2CCC(N)C2)ncc1OCC1CCN(c2nc(C(C)C)no2)CC1. The Kier molecular flexibility index (Phi) is 6.21. The van der Waals surface area contributed by atoms with Crippen molar-refractivity contribution in [3.63, 3.8) is 0 Å². The smallest absolute Gasteiger partial charge is 0.324 e. The molecule has 0 spiro atoms. The van der Waals surface area contributed by atoms with Crippen molar-refractivity contribution in [1.29, 1.82) is 0 Å². The van der Waals surface area contributed by atoms with Crippen LogP contribution in [0.3, 0.4) is 0 Å². The summed E-state index contributed by atoms with van der Waals surface area (Å²) < 4.78 is 16.9. The maximum absolute atomic E-state index is 6.02. The molecule has 2 aliphatic rings. The Balaban J connectivity index is 1.29. The molecule has 2 aromatic rings. The summed E-state index contributed by atoms with van der Waals surface area (Å²) in [6, 6.07) is 0.788. The molecule has 0 aliphatic carbocycles. The molecule has 0 saturated carbocycles. The minimum Gasteiger partial charge on any atom is -0.486 e. The van der Waals surface area contributed by atoms with Gasteiger partial charge in [-0.15, -0.1) is 0 Å². The van der Waals surface area contributed by atoms with Gasteiger partial charge in [-0.2, -0.15) is 9.97 Å². The zero-order valence-corrected chi connectivity index (χ0v) is 18.0. The van der Waals surface area contributed by atoms with Gasteiger partial charge in [0.25, 0.3) is 5.88 Å². The highest BCUT2D eigenvalue weighted by Crippen LogP contribution is 2.29. The lowest BCUT2D eigenvalue weighted by atomic mass is 9.98. The van der Waals surface area contributed by atoms with Gasteiger partial charge in [0.1, 0.15) is 0 Å². The van der Waals surface area contributed by atoms with Gasteiger partial charge in [0.05, 0.1) is 19.9 Å². The fourth-order valence-corrected chi connectivity index (χ4v) is 3.80. The fourth-order valence-electron chi connectivity index (χ4n) is 3.80. The largest absolute Gasteiger partial charge is 0.486 e. The maximum Gasteiger partial charge on any atom is 0.324 e. The molecule has 30 heavy (non-hydrogen) atoms. The van der Waals surface area contributed by atoms with E-state index in [1.165, 1.54) is 0 Å². The molecule has 2 aliphatic heterocycles.